The fourth-order valence-corrected chi connectivity index (χ4v) is 1.80. The summed E-state index contributed by atoms with van der Waals surface area (Å²) in [6, 6.07) is 0.278. The Morgan fingerprint density at radius 1 is 1.53 bits per heavy atom. The average molecular weight is 212 g/mol. The van der Waals surface area contributed by atoms with Crippen molar-refractivity contribution in [3.8, 4) is 0 Å². The van der Waals surface area contributed by atoms with Crippen molar-refractivity contribution in [1.82, 2.24) is 10.2 Å². The van der Waals surface area contributed by atoms with Crippen LogP contribution in [0.3, 0.4) is 0 Å². The van der Waals surface area contributed by atoms with Crippen molar-refractivity contribution >= 4 is 0 Å². The van der Waals surface area contributed by atoms with E-state index in [0.29, 0.717) is 0 Å². The van der Waals surface area contributed by atoms with Crippen LogP contribution < -0.4 is 5.32 Å². The van der Waals surface area contributed by atoms with Gasteiger partial charge in [0.1, 0.15) is 5.76 Å². The Morgan fingerprint density at radius 2 is 2.20 bits per heavy atom. The third kappa shape index (κ3) is 2.73. The lowest BCUT2D eigenvalue weighted by Crippen LogP contribution is -2.56. The van der Waals surface area contributed by atoms with Gasteiger partial charge in [0.05, 0.1) is 12.6 Å². The number of nitrogens with one attached hydrogen (secondary N) is 1. The summed E-state index contributed by atoms with van der Waals surface area (Å²) in [6.07, 6.45) is 3.25. The Hall–Kier alpha value is -0.540. The Balaban J connectivity index is 2.81. The number of rotatable bonds is 5. The minimum Gasteiger partial charge on any atom is -0.496 e. The van der Waals surface area contributed by atoms with Crippen molar-refractivity contribution in [3.63, 3.8) is 0 Å². The summed E-state index contributed by atoms with van der Waals surface area (Å²) in [5.41, 5.74) is 0.0617. The predicted molar refractivity (Wildman–Crippen MR) is 63.9 cm³/mol. The van der Waals surface area contributed by atoms with Gasteiger partial charge in [-0.3, -0.25) is 0 Å². The molecule has 0 amide bonds. The molecule has 1 aliphatic rings. The smallest absolute Gasteiger partial charge is 0.111 e. The summed E-state index contributed by atoms with van der Waals surface area (Å²) in [5, 5.41) is 3.51. The molecule has 0 saturated carbocycles. The first-order chi connectivity index (χ1) is 7.00. The lowest BCUT2D eigenvalue weighted by molar-refractivity contribution is 0.110. The molecule has 0 aliphatic carbocycles. The van der Waals surface area contributed by atoms with Gasteiger partial charge in [-0.15, -0.1) is 0 Å². The minimum atomic E-state index is 0.0617. The van der Waals surface area contributed by atoms with Crippen molar-refractivity contribution < 1.29 is 4.74 Å². The topological polar surface area (TPSA) is 24.5 Å². The molecule has 1 unspecified atom stereocenters. The normalized spacial score (nSPS) is 18.9. The van der Waals surface area contributed by atoms with Gasteiger partial charge in [-0.05, 0) is 40.6 Å². The van der Waals surface area contributed by atoms with Crippen LogP contribution >= 0.6 is 0 Å². The molecule has 0 aromatic rings. The van der Waals surface area contributed by atoms with E-state index in [1.165, 1.54) is 0 Å². The number of likely N-dealkylation sites (N-methyl/N-ethyl adjacent to an activating group) is 2. The zero-order valence-electron chi connectivity index (χ0n) is 10.6. The van der Waals surface area contributed by atoms with Gasteiger partial charge in [-0.1, -0.05) is 6.92 Å². The van der Waals surface area contributed by atoms with E-state index in [4.69, 9.17) is 4.74 Å². The molecule has 0 spiro atoms. The van der Waals surface area contributed by atoms with Crippen LogP contribution in [0.4, 0.5) is 0 Å². The van der Waals surface area contributed by atoms with Crippen molar-refractivity contribution in [1.29, 1.82) is 0 Å². The first-order valence-corrected chi connectivity index (χ1v) is 5.73. The molecule has 1 heterocycles. The lowest BCUT2D eigenvalue weighted by Gasteiger charge is -2.40. The van der Waals surface area contributed by atoms with Crippen LogP contribution in [-0.4, -0.2) is 43.7 Å². The number of nitrogens with zero attached hydrogens (tertiary/aromatic N) is 1. The van der Waals surface area contributed by atoms with Crippen LogP contribution in [0.15, 0.2) is 11.8 Å². The monoisotopic (exact) mass is 212 g/mol. The fourth-order valence-electron chi connectivity index (χ4n) is 1.80. The molecule has 3 nitrogen and oxygen atoms in total. The highest BCUT2D eigenvalue weighted by atomic mass is 16.5. The molecule has 0 saturated heterocycles. The van der Waals surface area contributed by atoms with Gasteiger partial charge in [-0.25, -0.2) is 0 Å². The van der Waals surface area contributed by atoms with Crippen molar-refractivity contribution in [2.75, 3.05) is 27.2 Å². The van der Waals surface area contributed by atoms with Crippen LogP contribution in [-0.2, 0) is 4.74 Å². The Morgan fingerprint density at radius 3 is 2.60 bits per heavy atom. The summed E-state index contributed by atoms with van der Waals surface area (Å²) in [4.78, 5) is 2.24. The summed E-state index contributed by atoms with van der Waals surface area (Å²) in [6.45, 7) is 8.41. The van der Waals surface area contributed by atoms with E-state index in [0.717, 1.165) is 25.3 Å². The highest BCUT2D eigenvalue weighted by molar-refractivity contribution is 5.14. The van der Waals surface area contributed by atoms with Crippen molar-refractivity contribution in [2.24, 2.45) is 0 Å². The lowest BCUT2D eigenvalue weighted by atomic mass is 9.91. The predicted octanol–water partition coefficient (Wildman–Crippen LogP) is 1.61. The number of hydrogen-bond donors (Lipinski definition) is 1. The quantitative estimate of drug-likeness (QED) is 0.749. The molecule has 1 aliphatic heterocycles. The first-order valence-electron chi connectivity index (χ1n) is 5.73. The standard InChI is InChI=1S/C12H24N2O/c1-6-13-11(10-8-7-9-15-10)12(2,3)14(4)5/h8,11,13H,6-7,9H2,1-5H3. The first kappa shape index (κ1) is 12.5. The fraction of sp³-hybridized carbons (Fsp3) is 0.833. The maximum atomic E-state index is 5.68. The SMILES string of the molecule is CCNC(C1=CCCO1)C(C)(C)N(C)C. The van der Waals surface area contributed by atoms with Crippen molar-refractivity contribution in [3.05, 3.63) is 11.8 Å². The van der Waals surface area contributed by atoms with Crippen LogP contribution in [0.2, 0.25) is 0 Å². The van der Waals surface area contributed by atoms with E-state index >= 15 is 0 Å². The van der Waals surface area contributed by atoms with E-state index in [9.17, 15) is 0 Å². The Labute approximate surface area is 93.5 Å². The Bertz CT molecular complexity index is 234. The van der Waals surface area contributed by atoms with E-state index < -0.39 is 0 Å². The van der Waals surface area contributed by atoms with Gasteiger partial charge in [0.15, 0.2) is 0 Å². The third-order valence-electron chi connectivity index (χ3n) is 3.28. The molecule has 88 valence electrons. The van der Waals surface area contributed by atoms with Gasteiger partial charge in [-0.2, -0.15) is 0 Å². The van der Waals surface area contributed by atoms with Crippen LogP contribution in [0, 0.1) is 0 Å². The molecular formula is C12H24N2O. The molecule has 0 radical (unpaired) electrons. The molecule has 1 atom stereocenters. The van der Waals surface area contributed by atoms with Gasteiger partial charge >= 0.3 is 0 Å². The highest BCUT2D eigenvalue weighted by Crippen LogP contribution is 2.25. The van der Waals surface area contributed by atoms with Gasteiger partial charge in [0, 0.05) is 12.0 Å². The molecule has 0 bridgehead atoms. The van der Waals surface area contributed by atoms with Gasteiger partial charge in [0.25, 0.3) is 0 Å². The summed E-state index contributed by atoms with van der Waals surface area (Å²) in [5.74, 6) is 1.11. The van der Waals surface area contributed by atoms with E-state index in [-0.39, 0.29) is 11.6 Å². The molecule has 0 aromatic heterocycles. The summed E-state index contributed by atoms with van der Waals surface area (Å²) >= 11 is 0. The number of ether oxygens (including phenoxy) is 1. The molecule has 1 rings (SSSR count). The molecule has 3 heteroatoms. The molecule has 0 aromatic carbocycles. The molecular weight excluding hydrogens is 188 g/mol. The zero-order valence-corrected chi connectivity index (χ0v) is 10.6. The van der Waals surface area contributed by atoms with E-state index in [1.54, 1.807) is 0 Å². The summed E-state index contributed by atoms with van der Waals surface area (Å²) in [7, 11) is 4.22. The third-order valence-corrected chi connectivity index (χ3v) is 3.28. The van der Waals surface area contributed by atoms with Crippen LogP contribution in [0.1, 0.15) is 27.2 Å². The van der Waals surface area contributed by atoms with Crippen LogP contribution in [0.5, 0.6) is 0 Å². The van der Waals surface area contributed by atoms with Crippen molar-refractivity contribution in [2.45, 2.75) is 38.8 Å². The average Bonchev–Trinajstić information content (AvgIpc) is 2.66. The maximum Gasteiger partial charge on any atom is 0.111 e. The zero-order chi connectivity index (χ0) is 11.5. The molecule has 0 fully saturated rings. The number of hydrogen-bond acceptors (Lipinski definition) is 3. The largest absolute Gasteiger partial charge is 0.496 e. The minimum absolute atomic E-state index is 0.0617. The second kappa shape index (κ2) is 4.99. The molecule has 1 N–H and O–H groups in total. The van der Waals surface area contributed by atoms with Gasteiger partial charge < -0.3 is 15.0 Å². The highest BCUT2D eigenvalue weighted by Gasteiger charge is 2.35. The van der Waals surface area contributed by atoms with E-state index in [1.807, 2.05) is 0 Å². The summed E-state index contributed by atoms with van der Waals surface area (Å²) < 4.78 is 5.68. The van der Waals surface area contributed by atoms with Crippen LogP contribution in [0.25, 0.3) is 0 Å². The molecule has 15 heavy (non-hydrogen) atoms. The van der Waals surface area contributed by atoms with E-state index in [2.05, 4.69) is 51.2 Å². The second-order valence-corrected chi connectivity index (χ2v) is 4.78. The second-order valence-electron chi connectivity index (χ2n) is 4.78. The Kier molecular flexibility index (Phi) is 4.17. The van der Waals surface area contributed by atoms with Gasteiger partial charge in [0.2, 0.25) is 0 Å². The maximum absolute atomic E-state index is 5.68.